The highest BCUT2D eigenvalue weighted by atomic mass is 35.5. The van der Waals surface area contributed by atoms with Crippen molar-refractivity contribution in [1.82, 2.24) is 24.8 Å². The number of nitrogens with one attached hydrogen (secondary N) is 2. The summed E-state index contributed by atoms with van der Waals surface area (Å²) in [5.41, 5.74) is 1.36. The van der Waals surface area contributed by atoms with E-state index in [1.165, 1.54) is 50.1 Å². The molecule has 2 aromatic carbocycles. The van der Waals surface area contributed by atoms with E-state index in [1.807, 2.05) is 12.1 Å². The van der Waals surface area contributed by atoms with Crippen molar-refractivity contribution < 1.29 is 18.7 Å². The second kappa shape index (κ2) is 14.0. The lowest BCUT2D eigenvalue weighted by Gasteiger charge is -2.31. The number of benzene rings is 2. The molecule has 0 spiro atoms. The summed E-state index contributed by atoms with van der Waals surface area (Å²) < 4.78 is 25.1. The fourth-order valence-electron chi connectivity index (χ4n) is 5.00. The van der Waals surface area contributed by atoms with E-state index >= 15 is 0 Å². The molecule has 222 valence electrons. The molecule has 0 radical (unpaired) electrons. The lowest BCUT2D eigenvalue weighted by Crippen LogP contribution is -2.34. The summed E-state index contributed by atoms with van der Waals surface area (Å²) in [5, 5.41) is 6.28. The number of ether oxygens (including phenoxy) is 2. The van der Waals surface area contributed by atoms with Crippen LogP contribution >= 0.6 is 11.6 Å². The maximum absolute atomic E-state index is 13.4. The number of halogens is 2. The summed E-state index contributed by atoms with van der Waals surface area (Å²) in [5.74, 6) is 0.564. The van der Waals surface area contributed by atoms with Gasteiger partial charge in [-0.2, -0.15) is 0 Å². The molecule has 1 fully saturated rings. The number of amides is 1. The SMILES string of the molecule is C#CN(CCCOc1cc2ncnc(Nc3cnc(NC(=O)c4ccc(F)c(Cl)c4)nc3)c2cc1OC)C1CCCCC1. The summed E-state index contributed by atoms with van der Waals surface area (Å²) >= 11 is 5.77. The number of rotatable bonds is 11. The monoisotopic (exact) mass is 603 g/mol. The van der Waals surface area contributed by atoms with Gasteiger partial charge >= 0.3 is 0 Å². The van der Waals surface area contributed by atoms with Gasteiger partial charge in [0.05, 0.1) is 42.3 Å². The number of carbonyl (C=O) groups excluding carboxylic acids is 1. The first-order valence-electron chi connectivity index (χ1n) is 14.0. The van der Waals surface area contributed by atoms with E-state index in [0.717, 1.165) is 31.9 Å². The molecule has 10 nitrogen and oxygen atoms in total. The third-order valence-corrected chi connectivity index (χ3v) is 7.51. The molecule has 4 aromatic rings. The minimum atomic E-state index is -0.610. The van der Waals surface area contributed by atoms with Crippen LogP contribution in [0.1, 0.15) is 48.9 Å². The summed E-state index contributed by atoms with van der Waals surface area (Å²) in [6.45, 7) is 1.26. The van der Waals surface area contributed by atoms with Crippen LogP contribution in [0.25, 0.3) is 10.9 Å². The molecule has 43 heavy (non-hydrogen) atoms. The molecule has 1 saturated carbocycles. The number of aromatic nitrogens is 4. The highest BCUT2D eigenvalue weighted by molar-refractivity contribution is 6.31. The Balaban J connectivity index is 1.22. The van der Waals surface area contributed by atoms with Crippen molar-refractivity contribution in [2.45, 2.75) is 44.6 Å². The third kappa shape index (κ3) is 7.40. The van der Waals surface area contributed by atoms with E-state index < -0.39 is 11.7 Å². The normalized spacial score (nSPS) is 13.3. The predicted molar refractivity (Wildman–Crippen MR) is 163 cm³/mol. The van der Waals surface area contributed by atoms with Gasteiger partial charge < -0.3 is 19.7 Å². The third-order valence-electron chi connectivity index (χ3n) is 7.22. The Morgan fingerprint density at radius 2 is 1.91 bits per heavy atom. The fourth-order valence-corrected chi connectivity index (χ4v) is 5.18. The van der Waals surface area contributed by atoms with E-state index in [9.17, 15) is 9.18 Å². The highest BCUT2D eigenvalue weighted by Crippen LogP contribution is 2.35. The first-order chi connectivity index (χ1) is 20.9. The number of terminal acetylenes is 1. The Labute approximate surface area is 254 Å². The van der Waals surface area contributed by atoms with Gasteiger partial charge in [0, 0.05) is 35.6 Å². The number of anilines is 3. The molecular formula is C31H31ClFN7O3. The van der Waals surface area contributed by atoms with E-state index in [0.29, 0.717) is 46.6 Å². The molecule has 2 heterocycles. The zero-order valence-electron chi connectivity index (χ0n) is 23.6. The summed E-state index contributed by atoms with van der Waals surface area (Å²) in [6, 6.07) is 10.6. The van der Waals surface area contributed by atoms with Crippen LogP contribution in [0, 0.1) is 18.3 Å². The van der Waals surface area contributed by atoms with Gasteiger partial charge in [0.1, 0.15) is 18.0 Å². The van der Waals surface area contributed by atoms with Crippen LogP contribution in [-0.4, -0.2) is 57.0 Å². The Hall–Kier alpha value is -4.69. The Kier molecular flexibility index (Phi) is 9.69. The minimum Gasteiger partial charge on any atom is -0.493 e. The quantitative estimate of drug-likeness (QED) is 0.117. The van der Waals surface area contributed by atoms with Gasteiger partial charge in [-0.05, 0) is 43.5 Å². The lowest BCUT2D eigenvalue weighted by atomic mass is 9.94. The van der Waals surface area contributed by atoms with Crippen molar-refractivity contribution in [3.8, 4) is 24.0 Å². The Morgan fingerprint density at radius 3 is 2.63 bits per heavy atom. The number of nitrogens with zero attached hydrogens (tertiary/aromatic N) is 5. The average molecular weight is 604 g/mol. The lowest BCUT2D eigenvalue weighted by molar-refractivity contribution is 0.102. The van der Waals surface area contributed by atoms with Gasteiger partial charge in [0.15, 0.2) is 11.5 Å². The number of carbonyl (C=O) groups is 1. The number of fused-ring (bicyclic) bond motifs is 1. The summed E-state index contributed by atoms with van der Waals surface area (Å²) in [7, 11) is 1.58. The zero-order chi connectivity index (χ0) is 30.2. The molecule has 2 aromatic heterocycles. The number of hydrogen-bond acceptors (Lipinski definition) is 9. The molecule has 0 atom stereocenters. The first kappa shape index (κ1) is 29.8. The molecular weight excluding hydrogens is 573 g/mol. The van der Waals surface area contributed by atoms with Crippen molar-refractivity contribution in [2.24, 2.45) is 0 Å². The largest absolute Gasteiger partial charge is 0.493 e. The second-order valence-electron chi connectivity index (χ2n) is 10.1. The summed E-state index contributed by atoms with van der Waals surface area (Å²) in [4.78, 5) is 31.7. The van der Waals surface area contributed by atoms with E-state index in [1.54, 1.807) is 7.11 Å². The van der Waals surface area contributed by atoms with Gasteiger partial charge in [-0.15, -0.1) is 0 Å². The maximum atomic E-state index is 13.4. The number of methoxy groups -OCH3 is 1. The summed E-state index contributed by atoms with van der Waals surface area (Å²) in [6.07, 6.45) is 17.1. The molecule has 0 unspecified atom stereocenters. The molecule has 1 amide bonds. The minimum absolute atomic E-state index is 0.0658. The molecule has 12 heteroatoms. The van der Waals surface area contributed by atoms with E-state index in [2.05, 4.69) is 41.5 Å². The van der Waals surface area contributed by atoms with Gasteiger partial charge in [-0.1, -0.05) is 37.3 Å². The fraction of sp³-hybridized carbons (Fsp3) is 0.323. The van der Waals surface area contributed by atoms with Crippen LogP contribution in [0.3, 0.4) is 0 Å². The topological polar surface area (TPSA) is 114 Å². The smallest absolute Gasteiger partial charge is 0.258 e. The molecule has 0 aliphatic heterocycles. The highest BCUT2D eigenvalue weighted by Gasteiger charge is 2.19. The van der Waals surface area contributed by atoms with Crippen molar-refractivity contribution in [3.05, 3.63) is 65.5 Å². The van der Waals surface area contributed by atoms with Crippen LogP contribution < -0.4 is 20.1 Å². The van der Waals surface area contributed by atoms with Crippen molar-refractivity contribution in [2.75, 3.05) is 30.9 Å². The van der Waals surface area contributed by atoms with Gasteiger partial charge in [-0.3, -0.25) is 10.1 Å². The second-order valence-corrected chi connectivity index (χ2v) is 10.5. The predicted octanol–water partition coefficient (Wildman–Crippen LogP) is 6.21. The molecule has 2 N–H and O–H groups in total. The van der Waals surface area contributed by atoms with Crippen LogP contribution in [-0.2, 0) is 0 Å². The van der Waals surface area contributed by atoms with Crippen molar-refractivity contribution in [3.63, 3.8) is 0 Å². The van der Waals surface area contributed by atoms with Crippen LogP contribution in [0.15, 0.2) is 49.1 Å². The van der Waals surface area contributed by atoms with Crippen molar-refractivity contribution >= 4 is 45.9 Å². The van der Waals surface area contributed by atoms with Gasteiger partial charge in [-0.25, -0.2) is 24.3 Å². The average Bonchev–Trinajstić information content (AvgIpc) is 3.03. The van der Waals surface area contributed by atoms with Crippen LogP contribution in [0.4, 0.5) is 21.8 Å². The number of hydrogen-bond donors (Lipinski definition) is 2. The standard InChI is InChI=1S/C31H31ClFN7O3/c1-3-40(22-8-5-4-6-9-22)12-7-13-43-28-16-26-23(15-27(28)42-2)29(37-19-36-26)38-21-17-34-31(35-18-21)39-30(41)20-10-11-25(33)24(32)14-20/h1,10-11,14-19,22H,4-9,12-13H2,2H3,(H,36,37,38)(H,34,35,39,41). The molecule has 0 bridgehead atoms. The molecule has 5 rings (SSSR count). The first-order valence-corrected chi connectivity index (χ1v) is 14.4. The molecule has 1 aliphatic rings. The van der Waals surface area contributed by atoms with E-state index in [-0.39, 0.29) is 16.5 Å². The van der Waals surface area contributed by atoms with Crippen molar-refractivity contribution in [1.29, 1.82) is 0 Å². The van der Waals surface area contributed by atoms with Crippen LogP contribution in [0.2, 0.25) is 5.02 Å². The zero-order valence-corrected chi connectivity index (χ0v) is 24.4. The van der Waals surface area contributed by atoms with Gasteiger partial charge in [0.25, 0.3) is 5.91 Å². The molecule has 1 aliphatic carbocycles. The molecule has 0 saturated heterocycles. The van der Waals surface area contributed by atoms with E-state index in [4.69, 9.17) is 27.5 Å². The Morgan fingerprint density at radius 1 is 1.12 bits per heavy atom. The van der Waals surface area contributed by atoms with Crippen LogP contribution in [0.5, 0.6) is 11.5 Å². The van der Waals surface area contributed by atoms with Gasteiger partial charge in [0.2, 0.25) is 5.95 Å². The Bertz CT molecular complexity index is 1620. The maximum Gasteiger partial charge on any atom is 0.258 e.